The minimum Gasteiger partial charge on any atom is -0.290 e. The van der Waals surface area contributed by atoms with Crippen molar-refractivity contribution in [1.82, 2.24) is 14.3 Å². The topological polar surface area (TPSA) is 92.3 Å². The first-order chi connectivity index (χ1) is 16.4. The number of halogens is 4. The molecule has 1 N–H and O–H groups in total. The third-order valence-corrected chi connectivity index (χ3v) is 8.07. The molecule has 2 aromatic carbocycles. The second kappa shape index (κ2) is 9.21. The van der Waals surface area contributed by atoms with Crippen LogP contribution in [-0.2, 0) is 29.2 Å². The zero-order valence-corrected chi connectivity index (χ0v) is 20.2. The van der Waals surface area contributed by atoms with Gasteiger partial charge in [-0.05, 0) is 49.2 Å². The van der Waals surface area contributed by atoms with Crippen molar-refractivity contribution < 1.29 is 26.4 Å². The van der Waals surface area contributed by atoms with Gasteiger partial charge in [0.05, 0.1) is 21.7 Å². The molecule has 12 heteroatoms. The summed E-state index contributed by atoms with van der Waals surface area (Å²) in [7, 11) is -3.82. The van der Waals surface area contributed by atoms with Gasteiger partial charge in [-0.1, -0.05) is 23.7 Å². The van der Waals surface area contributed by atoms with Crippen LogP contribution in [-0.4, -0.2) is 35.1 Å². The van der Waals surface area contributed by atoms with Gasteiger partial charge in [-0.3, -0.25) is 10.1 Å². The number of aromatic nitrogens is 2. The van der Waals surface area contributed by atoms with Crippen LogP contribution in [0.4, 0.5) is 19.1 Å². The van der Waals surface area contributed by atoms with Gasteiger partial charge < -0.3 is 0 Å². The predicted molar refractivity (Wildman–Crippen MR) is 124 cm³/mol. The number of rotatable bonds is 4. The fraction of sp³-hybridized carbons (Fsp3) is 0.261. The van der Waals surface area contributed by atoms with E-state index in [4.69, 9.17) is 11.6 Å². The zero-order chi connectivity index (χ0) is 25.5. The van der Waals surface area contributed by atoms with E-state index in [2.05, 4.69) is 15.3 Å². The summed E-state index contributed by atoms with van der Waals surface area (Å²) in [5, 5.41) is 2.78. The first-order valence-electron chi connectivity index (χ1n) is 10.5. The minimum atomic E-state index is -4.69. The van der Waals surface area contributed by atoms with E-state index >= 15 is 0 Å². The van der Waals surface area contributed by atoms with Crippen molar-refractivity contribution in [3.05, 3.63) is 81.1 Å². The van der Waals surface area contributed by atoms with E-state index in [1.165, 1.54) is 28.7 Å². The molecule has 7 nitrogen and oxygen atoms in total. The molecule has 0 radical (unpaired) electrons. The van der Waals surface area contributed by atoms with Crippen molar-refractivity contribution >= 4 is 33.5 Å². The number of amides is 1. The van der Waals surface area contributed by atoms with Crippen LogP contribution in [0.3, 0.4) is 0 Å². The average molecular weight is 525 g/mol. The Balaban J connectivity index is 1.55. The number of fused-ring (bicyclic) bond motifs is 1. The summed E-state index contributed by atoms with van der Waals surface area (Å²) in [6.45, 7) is 3.55. The number of sulfonamides is 1. The predicted octanol–water partition coefficient (Wildman–Crippen LogP) is 4.76. The Labute approximate surface area is 205 Å². The third kappa shape index (κ3) is 5.02. The molecule has 1 aliphatic heterocycles. The Hall–Kier alpha value is -3.02. The van der Waals surface area contributed by atoms with Crippen LogP contribution < -0.4 is 5.32 Å². The van der Waals surface area contributed by atoms with Crippen molar-refractivity contribution in [2.75, 3.05) is 11.9 Å². The number of anilines is 1. The summed E-state index contributed by atoms with van der Waals surface area (Å²) >= 11 is 6.10. The van der Waals surface area contributed by atoms with E-state index < -0.39 is 33.2 Å². The molecule has 0 saturated heterocycles. The van der Waals surface area contributed by atoms with Gasteiger partial charge in [0.1, 0.15) is 0 Å². The number of hydrogen-bond donors (Lipinski definition) is 1. The highest BCUT2D eigenvalue weighted by Crippen LogP contribution is 2.32. The number of alkyl halides is 3. The number of benzene rings is 2. The Morgan fingerprint density at radius 2 is 1.86 bits per heavy atom. The molecule has 0 atom stereocenters. The van der Waals surface area contributed by atoms with Gasteiger partial charge in [-0.15, -0.1) is 0 Å². The maximum atomic E-state index is 13.3. The first kappa shape index (κ1) is 25.1. The highest BCUT2D eigenvalue weighted by molar-refractivity contribution is 7.89. The molecule has 0 aliphatic carbocycles. The van der Waals surface area contributed by atoms with Crippen LogP contribution in [0.1, 0.15) is 38.3 Å². The molecule has 184 valence electrons. The second-order valence-electron chi connectivity index (χ2n) is 8.12. The van der Waals surface area contributed by atoms with Crippen molar-refractivity contribution in [1.29, 1.82) is 0 Å². The fourth-order valence-corrected chi connectivity index (χ4v) is 5.75. The summed E-state index contributed by atoms with van der Waals surface area (Å²) in [4.78, 5) is 20.9. The minimum absolute atomic E-state index is 0.0178. The van der Waals surface area contributed by atoms with Gasteiger partial charge in [0.15, 0.2) is 0 Å². The lowest BCUT2D eigenvalue weighted by Crippen LogP contribution is -2.37. The Morgan fingerprint density at radius 1 is 1.14 bits per heavy atom. The van der Waals surface area contributed by atoms with Crippen LogP contribution in [0.25, 0.3) is 0 Å². The van der Waals surface area contributed by atoms with Crippen LogP contribution in [0.5, 0.6) is 0 Å². The van der Waals surface area contributed by atoms with Crippen LogP contribution >= 0.6 is 11.6 Å². The molecule has 2 heterocycles. The van der Waals surface area contributed by atoms with E-state index in [0.29, 0.717) is 27.4 Å². The van der Waals surface area contributed by atoms with Gasteiger partial charge in [0, 0.05) is 36.3 Å². The summed E-state index contributed by atoms with van der Waals surface area (Å²) in [6.07, 6.45) is -3.08. The van der Waals surface area contributed by atoms with E-state index in [1.807, 2.05) is 0 Å². The number of nitrogens with zero attached hydrogens (tertiary/aromatic N) is 3. The van der Waals surface area contributed by atoms with Gasteiger partial charge in [-0.2, -0.15) is 17.5 Å². The fourth-order valence-electron chi connectivity index (χ4n) is 3.82. The normalized spacial score (nSPS) is 14.5. The molecule has 1 aromatic heterocycles. The van der Waals surface area contributed by atoms with Crippen LogP contribution in [0.2, 0.25) is 5.02 Å². The Morgan fingerprint density at radius 3 is 2.57 bits per heavy atom. The molecule has 35 heavy (non-hydrogen) atoms. The summed E-state index contributed by atoms with van der Waals surface area (Å²) in [5.41, 5.74) is 0.604. The van der Waals surface area contributed by atoms with Crippen molar-refractivity contribution in [2.24, 2.45) is 0 Å². The van der Waals surface area contributed by atoms with E-state index in [-0.39, 0.29) is 30.4 Å². The molecule has 0 bridgehead atoms. The van der Waals surface area contributed by atoms with Gasteiger partial charge in [-0.25, -0.2) is 18.4 Å². The molecule has 0 unspecified atom stereocenters. The number of aryl methyl sites for hydroxylation is 2. The van der Waals surface area contributed by atoms with Crippen molar-refractivity contribution in [3.63, 3.8) is 0 Å². The first-order valence-corrected chi connectivity index (χ1v) is 12.3. The average Bonchev–Trinajstić information content (AvgIpc) is 2.80. The molecular formula is C23H20ClF3N4O3S. The van der Waals surface area contributed by atoms with E-state index in [1.54, 1.807) is 19.9 Å². The number of hydrogen-bond acceptors (Lipinski definition) is 5. The summed E-state index contributed by atoms with van der Waals surface area (Å²) < 4.78 is 67.5. The largest absolute Gasteiger partial charge is 0.417 e. The van der Waals surface area contributed by atoms with E-state index in [9.17, 15) is 26.4 Å². The zero-order valence-electron chi connectivity index (χ0n) is 18.6. The quantitative estimate of drug-likeness (QED) is 0.531. The smallest absolute Gasteiger partial charge is 0.290 e. The molecule has 0 spiro atoms. The SMILES string of the molecule is Cc1cc(S(=O)(=O)N2CCc3nc(NC(=O)c4ccccc4C(F)(F)F)ncc3C2)c(C)cc1Cl. The molecule has 0 saturated carbocycles. The van der Waals surface area contributed by atoms with Gasteiger partial charge in [0.25, 0.3) is 5.91 Å². The Kier molecular flexibility index (Phi) is 6.60. The maximum absolute atomic E-state index is 13.3. The molecule has 1 amide bonds. The lowest BCUT2D eigenvalue weighted by Gasteiger charge is -2.28. The highest BCUT2D eigenvalue weighted by atomic mass is 35.5. The monoisotopic (exact) mass is 524 g/mol. The van der Waals surface area contributed by atoms with Crippen LogP contribution in [0, 0.1) is 13.8 Å². The number of carbonyl (C=O) groups is 1. The second-order valence-corrected chi connectivity index (χ2v) is 10.4. The van der Waals surface area contributed by atoms with Crippen molar-refractivity contribution in [2.45, 2.75) is 37.9 Å². The van der Waals surface area contributed by atoms with Gasteiger partial charge >= 0.3 is 6.18 Å². The third-order valence-electron chi connectivity index (χ3n) is 5.68. The summed E-state index contributed by atoms with van der Waals surface area (Å²) in [6, 6.07) is 7.56. The van der Waals surface area contributed by atoms with E-state index in [0.717, 1.165) is 12.1 Å². The lowest BCUT2D eigenvalue weighted by atomic mass is 10.1. The molecule has 1 aliphatic rings. The number of nitrogens with one attached hydrogen (secondary N) is 1. The molecular weight excluding hydrogens is 505 g/mol. The van der Waals surface area contributed by atoms with Crippen molar-refractivity contribution in [3.8, 4) is 0 Å². The van der Waals surface area contributed by atoms with Crippen LogP contribution in [0.15, 0.2) is 47.5 Å². The molecule has 4 rings (SSSR count). The number of carbonyl (C=O) groups excluding carboxylic acids is 1. The maximum Gasteiger partial charge on any atom is 0.417 e. The summed E-state index contributed by atoms with van der Waals surface area (Å²) in [5.74, 6) is -1.15. The lowest BCUT2D eigenvalue weighted by molar-refractivity contribution is -0.137. The highest BCUT2D eigenvalue weighted by Gasteiger charge is 2.35. The molecule has 3 aromatic rings. The standard InChI is InChI=1S/C23H20ClF3N4O3S/c1-13-10-20(14(2)9-18(13)24)35(33,34)31-8-7-19-15(12-31)11-28-22(29-19)30-21(32)16-5-3-4-6-17(16)23(25,26)27/h3-6,9-11H,7-8,12H2,1-2H3,(H,28,29,30,32). The van der Waals surface area contributed by atoms with Gasteiger partial charge in [0.2, 0.25) is 16.0 Å². The Bertz CT molecular complexity index is 1430. The molecule has 0 fully saturated rings.